The van der Waals surface area contributed by atoms with Crippen LogP contribution in [-0.4, -0.2) is 15.5 Å². The van der Waals surface area contributed by atoms with Crippen LogP contribution in [-0.2, 0) is 4.79 Å². The molecule has 116 valence electrons. The number of aromatic nitrogens is 2. The van der Waals surface area contributed by atoms with Gasteiger partial charge in [0.1, 0.15) is 6.04 Å². The highest BCUT2D eigenvalue weighted by Gasteiger charge is 2.19. The number of carbonyl (C=O) groups excluding carboxylic acids is 1. The first-order valence-electron chi connectivity index (χ1n) is 6.61. The Labute approximate surface area is 137 Å². The van der Waals surface area contributed by atoms with E-state index in [0.29, 0.717) is 27.1 Å². The molecule has 1 aromatic carbocycles. The van der Waals surface area contributed by atoms with Crippen LogP contribution in [0.3, 0.4) is 0 Å². The molecule has 0 spiro atoms. The Morgan fingerprint density at radius 1 is 1.18 bits per heavy atom. The minimum Gasteiger partial charge on any atom is -0.324 e. The van der Waals surface area contributed by atoms with Crippen molar-refractivity contribution >= 4 is 34.8 Å². The SMILES string of the molecule is Cc1cc(C)n([C@H](C)C(=O)Nc2cc(Cl)cc(Cl)c2)c(=O)n1. The third kappa shape index (κ3) is 3.67. The van der Waals surface area contributed by atoms with E-state index >= 15 is 0 Å². The smallest absolute Gasteiger partial charge is 0.324 e. The maximum absolute atomic E-state index is 12.3. The van der Waals surface area contributed by atoms with Crippen LogP contribution < -0.4 is 11.0 Å². The summed E-state index contributed by atoms with van der Waals surface area (Å²) in [5.74, 6) is -0.353. The Morgan fingerprint density at radius 2 is 1.77 bits per heavy atom. The van der Waals surface area contributed by atoms with Crippen LogP contribution in [0.25, 0.3) is 0 Å². The fourth-order valence-corrected chi connectivity index (χ4v) is 2.75. The number of anilines is 1. The number of rotatable bonds is 3. The number of aryl methyl sites for hydroxylation is 2. The van der Waals surface area contributed by atoms with Crippen molar-refractivity contribution in [2.24, 2.45) is 0 Å². The second-order valence-electron chi connectivity index (χ2n) is 5.01. The van der Waals surface area contributed by atoms with E-state index in [4.69, 9.17) is 23.2 Å². The summed E-state index contributed by atoms with van der Waals surface area (Å²) in [5, 5.41) is 3.53. The fraction of sp³-hybridized carbons (Fsp3) is 0.267. The largest absolute Gasteiger partial charge is 0.348 e. The van der Waals surface area contributed by atoms with E-state index in [-0.39, 0.29) is 5.91 Å². The fourth-order valence-electron chi connectivity index (χ4n) is 2.22. The molecule has 0 unspecified atom stereocenters. The summed E-state index contributed by atoms with van der Waals surface area (Å²) >= 11 is 11.8. The standard InChI is InChI=1S/C15H15Cl2N3O2/c1-8-4-9(2)20(15(22)18-8)10(3)14(21)19-13-6-11(16)5-12(17)7-13/h4-7,10H,1-3H3,(H,19,21)/t10-/m1/s1. The molecule has 0 saturated heterocycles. The zero-order valence-electron chi connectivity index (χ0n) is 12.4. The molecular weight excluding hydrogens is 325 g/mol. The predicted octanol–water partition coefficient (Wildman–Crippen LogP) is 3.37. The first-order chi connectivity index (χ1) is 10.3. The van der Waals surface area contributed by atoms with Crippen molar-refractivity contribution in [3.05, 3.63) is 56.2 Å². The van der Waals surface area contributed by atoms with Crippen LogP contribution in [0.1, 0.15) is 24.4 Å². The van der Waals surface area contributed by atoms with Crippen molar-refractivity contribution in [3.63, 3.8) is 0 Å². The van der Waals surface area contributed by atoms with Gasteiger partial charge in [-0.25, -0.2) is 4.79 Å². The second-order valence-corrected chi connectivity index (χ2v) is 5.89. The molecule has 0 aliphatic carbocycles. The van der Waals surface area contributed by atoms with E-state index in [1.807, 2.05) is 0 Å². The lowest BCUT2D eigenvalue weighted by Gasteiger charge is -2.17. The number of halogens is 2. The Kier molecular flexibility index (Phi) is 4.88. The predicted molar refractivity (Wildman–Crippen MR) is 87.8 cm³/mol. The molecule has 1 amide bonds. The van der Waals surface area contributed by atoms with Crippen molar-refractivity contribution in [2.75, 3.05) is 5.32 Å². The van der Waals surface area contributed by atoms with Crippen LogP contribution in [0, 0.1) is 13.8 Å². The summed E-state index contributed by atoms with van der Waals surface area (Å²) in [4.78, 5) is 28.2. The lowest BCUT2D eigenvalue weighted by atomic mass is 10.2. The van der Waals surface area contributed by atoms with E-state index in [9.17, 15) is 9.59 Å². The monoisotopic (exact) mass is 339 g/mol. The van der Waals surface area contributed by atoms with Crippen LogP contribution in [0.4, 0.5) is 5.69 Å². The number of hydrogen-bond donors (Lipinski definition) is 1. The highest BCUT2D eigenvalue weighted by molar-refractivity contribution is 6.35. The highest BCUT2D eigenvalue weighted by atomic mass is 35.5. The summed E-state index contributed by atoms with van der Waals surface area (Å²) in [5.41, 5.74) is 1.31. The number of carbonyl (C=O) groups is 1. The molecule has 0 saturated carbocycles. The summed E-state index contributed by atoms with van der Waals surface area (Å²) in [7, 11) is 0. The van der Waals surface area contributed by atoms with Gasteiger partial charge in [0, 0.05) is 27.1 Å². The molecule has 0 aliphatic rings. The van der Waals surface area contributed by atoms with Gasteiger partial charge in [-0.1, -0.05) is 23.2 Å². The summed E-state index contributed by atoms with van der Waals surface area (Å²) in [6, 6.07) is 5.78. The number of hydrogen-bond acceptors (Lipinski definition) is 3. The molecule has 0 bridgehead atoms. The Balaban J connectivity index is 2.28. The second kappa shape index (κ2) is 6.50. The molecule has 2 aromatic rings. The van der Waals surface area contributed by atoms with E-state index < -0.39 is 11.7 Å². The van der Waals surface area contributed by atoms with Gasteiger partial charge in [-0.15, -0.1) is 0 Å². The van der Waals surface area contributed by atoms with Gasteiger partial charge in [-0.2, -0.15) is 4.98 Å². The van der Waals surface area contributed by atoms with Crippen molar-refractivity contribution in [1.29, 1.82) is 0 Å². The maximum Gasteiger partial charge on any atom is 0.348 e. The van der Waals surface area contributed by atoms with E-state index in [1.54, 1.807) is 45.0 Å². The third-order valence-corrected chi connectivity index (χ3v) is 3.61. The van der Waals surface area contributed by atoms with E-state index in [0.717, 1.165) is 0 Å². The van der Waals surface area contributed by atoms with Gasteiger partial charge >= 0.3 is 5.69 Å². The number of nitrogens with zero attached hydrogens (tertiary/aromatic N) is 2. The molecule has 1 heterocycles. The molecule has 2 rings (SSSR count). The molecule has 5 nitrogen and oxygen atoms in total. The molecule has 1 aromatic heterocycles. The van der Waals surface area contributed by atoms with E-state index in [2.05, 4.69) is 10.3 Å². The lowest BCUT2D eigenvalue weighted by molar-refractivity contribution is -0.118. The Hall–Kier alpha value is -1.85. The molecule has 0 aliphatic heterocycles. The summed E-state index contributed by atoms with van der Waals surface area (Å²) in [6.45, 7) is 5.13. The average molecular weight is 340 g/mol. The van der Waals surface area contributed by atoms with Crippen molar-refractivity contribution < 1.29 is 4.79 Å². The topological polar surface area (TPSA) is 64.0 Å². The first-order valence-corrected chi connectivity index (χ1v) is 7.37. The van der Waals surface area contributed by atoms with Gasteiger partial charge in [-0.3, -0.25) is 9.36 Å². The normalized spacial score (nSPS) is 12.0. The Morgan fingerprint density at radius 3 is 2.32 bits per heavy atom. The lowest BCUT2D eigenvalue weighted by Crippen LogP contribution is -2.34. The average Bonchev–Trinajstić information content (AvgIpc) is 2.35. The van der Waals surface area contributed by atoms with Crippen LogP contribution in [0.15, 0.2) is 29.1 Å². The van der Waals surface area contributed by atoms with Gasteiger partial charge < -0.3 is 5.32 Å². The number of nitrogens with one attached hydrogen (secondary N) is 1. The maximum atomic E-state index is 12.3. The minimum absolute atomic E-state index is 0.353. The van der Waals surface area contributed by atoms with Crippen molar-refractivity contribution in [2.45, 2.75) is 26.8 Å². The number of benzene rings is 1. The highest BCUT2D eigenvalue weighted by Crippen LogP contribution is 2.23. The number of amides is 1. The molecule has 0 fully saturated rings. The first kappa shape index (κ1) is 16.5. The molecule has 0 radical (unpaired) electrons. The van der Waals surface area contributed by atoms with Crippen molar-refractivity contribution in [1.82, 2.24) is 9.55 Å². The van der Waals surface area contributed by atoms with Gasteiger partial charge in [-0.05, 0) is 45.0 Å². The molecule has 22 heavy (non-hydrogen) atoms. The van der Waals surface area contributed by atoms with Crippen LogP contribution in [0.5, 0.6) is 0 Å². The zero-order valence-corrected chi connectivity index (χ0v) is 13.9. The molecule has 1 N–H and O–H groups in total. The van der Waals surface area contributed by atoms with Crippen LogP contribution >= 0.6 is 23.2 Å². The third-order valence-electron chi connectivity index (χ3n) is 3.17. The summed E-state index contributed by atoms with van der Waals surface area (Å²) in [6.07, 6.45) is 0. The van der Waals surface area contributed by atoms with Gasteiger partial charge in [0.2, 0.25) is 5.91 Å². The van der Waals surface area contributed by atoms with Gasteiger partial charge in [0.15, 0.2) is 0 Å². The van der Waals surface area contributed by atoms with Gasteiger partial charge in [0.05, 0.1) is 0 Å². The molecule has 1 atom stereocenters. The zero-order chi connectivity index (χ0) is 16.4. The molecular formula is C15H15Cl2N3O2. The molecule has 7 heteroatoms. The van der Waals surface area contributed by atoms with Crippen LogP contribution in [0.2, 0.25) is 10.0 Å². The minimum atomic E-state index is -0.710. The quantitative estimate of drug-likeness (QED) is 0.932. The van der Waals surface area contributed by atoms with E-state index in [1.165, 1.54) is 4.57 Å². The summed E-state index contributed by atoms with van der Waals surface area (Å²) < 4.78 is 1.34. The van der Waals surface area contributed by atoms with Crippen molar-refractivity contribution in [3.8, 4) is 0 Å². The van der Waals surface area contributed by atoms with Gasteiger partial charge in [0.25, 0.3) is 0 Å². The Bertz CT molecular complexity index is 767.